The van der Waals surface area contributed by atoms with E-state index in [9.17, 15) is 9.59 Å². The van der Waals surface area contributed by atoms with Crippen LogP contribution >= 0.6 is 0 Å². The topological polar surface area (TPSA) is 71.1 Å². The number of benzene rings is 2. The molecule has 0 aromatic heterocycles. The lowest BCUT2D eigenvalue weighted by Crippen LogP contribution is -2.13. The third-order valence-electron chi connectivity index (χ3n) is 3.14. The van der Waals surface area contributed by atoms with E-state index in [0.717, 1.165) is 0 Å². The quantitative estimate of drug-likeness (QED) is 0.486. The molecule has 2 rings (SSSR count). The van der Waals surface area contributed by atoms with Crippen LogP contribution in [-0.2, 0) is 19.1 Å². The lowest BCUT2D eigenvalue weighted by Gasteiger charge is -2.08. The monoisotopic (exact) mass is 344 g/mol. The van der Waals surface area contributed by atoms with Gasteiger partial charge < -0.3 is 18.9 Å². The predicted octanol–water partition coefficient (Wildman–Crippen LogP) is 3.32. The van der Waals surface area contributed by atoms with Gasteiger partial charge in [0.25, 0.3) is 0 Å². The zero-order chi connectivity index (χ0) is 17.7. The van der Waals surface area contributed by atoms with Crippen LogP contribution in [0.3, 0.4) is 0 Å². The molecular weight excluding hydrogens is 324 g/mol. The molecule has 0 N–H and O–H groups in total. The van der Waals surface area contributed by atoms with E-state index < -0.39 is 11.9 Å². The first-order valence-electron chi connectivity index (χ1n) is 7.91. The van der Waals surface area contributed by atoms with Gasteiger partial charge in [0.2, 0.25) is 13.6 Å². The van der Waals surface area contributed by atoms with Gasteiger partial charge in [-0.15, -0.1) is 0 Å². The molecule has 0 saturated carbocycles. The molecule has 0 atom stereocenters. The van der Waals surface area contributed by atoms with Gasteiger partial charge in [-0.3, -0.25) is 9.59 Å². The number of hydrogen-bond acceptors (Lipinski definition) is 6. The summed E-state index contributed by atoms with van der Waals surface area (Å²) in [5.41, 5.74) is 0. The van der Waals surface area contributed by atoms with E-state index in [2.05, 4.69) is 0 Å². The largest absolute Gasteiger partial charge is 0.457 e. The molecule has 0 unspecified atom stereocenters. The summed E-state index contributed by atoms with van der Waals surface area (Å²) in [6, 6.07) is 18.1. The average Bonchev–Trinajstić information content (AvgIpc) is 2.63. The average molecular weight is 344 g/mol. The van der Waals surface area contributed by atoms with E-state index in [1.807, 2.05) is 36.4 Å². The summed E-state index contributed by atoms with van der Waals surface area (Å²) in [6.45, 7) is -0.309. The zero-order valence-corrected chi connectivity index (χ0v) is 13.8. The second-order valence-corrected chi connectivity index (χ2v) is 5.04. The number of para-hydroxylation sites is 2. The Bertz CT molecular complexity index is 584. The SMILES string of the molecule is O=C(CCCC(=O)OCOc1ccccc1)OCOc1ccccc1. The highest BCUT2D eigenvalue weighted by Crippen LogP contribution is 2.09. The van der Waals surface area contributed by atoms with E-state index in [1.165, 1.54) is 0 Å². The van der Waals surface area contributed by atoms with Crippen molar-refractivity contribution in [2.24, 2.45) is 0 Å². The molecule has 0 fully saturated rings. The first-order valence-corrected chi connectivity index (χ1v) is 7.91. The van der Waals surface area contributed by atoms with Gasteiger partial charge in [-0.25, -0.2) is 0 Å². The van der Waals surface area contributed by atoms with Crippen molar-refractivity contribution in [3.63, 3.8) is 0 Å². The molecule has 0 radical (unpaired) electrons. The third kappa shape index (κ3) is 7.87. The van der Waals surface area contributed by atoms with E-state index in [-0.39, 0.29) is 26.4 Å². The molecule has 132 valence electrons. The molecule has 6 heteroatoms. The fraction of sp³-hybridized carbons (Fsp3) is 0.263. The number of rotatable bonds is 10. The second kappa shape index (κ2) is 10.7. The van der Waals surface area contributed by atoms with Crippen molar-refractivity contribution in [3.8, 4) is 11.5 Å². The van der Waals surface area contributed by atoms with Gasteiger partial charge in [0.1, 0.15) is 11.5 Å². The fourth-order valence-electron chi connectivity index (χ4n) is 1.88. The van der Waals surface area contributed by atoms with Gasteiger partial charge in [-0.05, 0) is 30.7 Å². The molecule has 0 aliphatic heterocycles. The molecule has 0 saturated heterocycles. The summed E-state index contributed by atoms with van der Waals surface area (Å²) in [5.74, 6) is 0.392. The molecule has 0 spiro atoms. The van der Waals surface area contributed by atoms with Crippen LogP contribution in [0, 0.1) is 0 Å². The van der Waals surface area contributed by atoms with Gasteiger partial charge in [0, 0.05) is 12.8 Å². The molecule has 0 amide bonds. The van der Waals surface area contributed by atoms with Crippen LogP contribution in [0.4, 0.5) is 0 Å². The Kier molecular flexibility index (Phi) is 7.84. The van der Waals surface area contributed by atoms with E-state index in [4.69, 9.17) is 18.9 Å². The van der Waals surface area contributed by atoms with Crippen LogP contribution in [0.5, 0.6) is 11.5 Å². The molecule has 25 heavy (non-hydrogen) atoms. The Hall–Kier alpha value is -3.02. The molecular formula is C19H20O6. The Morgan fingerprint density at radius 1 is 0.640 bits per heavy atom. The summed E-state index contributed by atoms with van der Waals surface area (Å²) in [6.07, 6.45) is 0.577. The smallest absolute Gasteiger partial charge is 0.308 e. The maximum Gasteiger partial charge on any atom is 0.308 e. The molecule has 0 bridgehead atoms. The summed E-state index contributed by atoms with van der Waals surface area (Å²) >= 11 is 0. The maximum absolute atomic E-state index is 11.5. The first-order chi connectivity index (χ1) is 12.2. The minimum absolute atomic E-state index is 0.118. The Morgan fingerprint density at radius 3 is 1.44 bits per heavy atom. The van der Waals surface area contributed by atoms with E-state index >= 15 is 0 Å². The number of carbonyl (C=O) groups is 2. The van der Waals surface area contributed by atoms with E-state index in [0.29, 0.717) is 17.9 Å². The van der Waals surface area contributed by atoms with Crippen LogP contribution in [-0.4, -0.2) is 25.5 Å². The van der Waals surface area contributed by atoms with Gasteiger partial charge in [-0.1, -0.05) is 36.4 Å². The second-order valence-electron chi connectivity index (χ2n) is 5.04. The Labute approximate surface area is 146 Å². The fourth-order valence-corrected chi connectivity index (χ4v) is 1.88. The summed E-state index contributed by atoms with van der Waals surface area (Å²) in [4.78, 5) is 23.1. The van der Waals surface area contributed by atoms with Crippen molar-refractivity contribution in [3.05, 3.63) is 60.7 Å². The van der Waals surface area contributed by atoms with Crippen LogP contribution in [0.25, 0.3) is 0 Å². The lowest BCUT2D eigenvalue weighted by molar-refractivity contribution is -0.152. The van der Waals surface area contributed by atoms with Gasteiger partial charge in [-0.2, -0.15) is 0 Å². The van der Waals surface area contributed by atoms with Crippen molar-refractivity contribution >= 4 is 11.9 Å². The number of ether oxygens (including phenoxy) is 4. The van der Waals surface area contributed by atoms with E-state index in [1.54, 1.807) is 24.3 Å². The minimum atomic E-state index is -0.427. The minimum Gasteiger partial charge on any atom is -0.457 e. The molecule has 0 heterocycles. The molecule has 2 aromatic carbocycles. The van der Waals surface area contributed by atoms with Gasteiger partial charge >= 0.3 is 11.9 Å². The van der Waals surface area contributed by atoms with Crippen molar-refractivity contribution in [2.75, 3.05) is 13.6 Å². The predicted molar refractivity (Wildman–Crippen MR) is 89.9 cm³/mol. The normalized spacial score (nSPS) is 9.92. The molecule has 2 aromatic rings. The zero-order valence-electron chi connectivity index (χ0n) is 13.8. The van der Waals surface area contributed by atoms with Crippen molar-refractivity contribution < 1.29 is 28.5 Å². The van der Waals surface area contributed by atoms with Gasteiger partial charge in [0.15, 0.2) is 0 Å². The Morgan fingerprint density at radius 2 is 1.04 bits per heavy atom. The molecule has 6 nitrogen and oxygen atoms in total. The van der Waals surface area contributed by atoms with Crippen molar-refractivity contribution in [1.82, 2.24) is 0 Å². The van der Waals surface area contributed by atoms with Crippen molar-refractivity contribution in [2.45, 2.75) is 19.3 Å². The van der Waals surface area contributed by atoms with Crippen LogP contribution in [0.15, 0.2) is 60.7 Å². The molecule has 0 aliphatic carbocycles. The lowest BCUT2D eigenvalue weighted by atomic mass is 10.2. The highest BCUT2D eigenvalue weighted by molar-refractivity contribution is 5.72. The maximum atomic E-state index is 11.5. The van der Waals surface area contributed by atoms with Crippen LogP contribution < -0.4 is 9.47 Å². The van der Waals surface area contributed by atoms with Gasteiger partial charge in [0.05, 0.1) is 0 Å². The summed E-state index contributed by atoms with van der Waals surface area (Å²) in [7, 11) is 0. The first kappa shape index (κ1) is 18.3. The third-order valence-corrected chi connectivity index (χ3v) is 3.14. The standard InChI is InChI=1S/C19H20O6/c20-18(24-14-22-16-8-3-1-4-9-16)12-7-13-19(21)25-15-23-17-10-5-2-6-11-17/h1-6,8-11H,7,12-15H2. The highest BCUT2D eigenvalue weighted by Gasteiger charge is 2.08. The Balaban J connectivity index is 1.49. The molecule has 0 aliphatic rings. The van der Waals surface area contributed by atoms with Crippen molar-refractivity contribution in [1.29, 1.82) is 0 Å². The number of carbonyl (C=O) groups excluding carboxylic acids is 2. The number of hydrogen-bond donors (Lipinski definition) is 0. The highest BCUT2D eigenvalue weighted by atomic mass is 16.7. The van der Waals surface area contributed by atoms with Crippen LogP contribution in [0.1, 0.15) is 19.3 Å². The number of esters is 2. The summed E-state index contributed by atoms with van der Waals surface area (Å²) < 4.78 is 20.4. The van der Waals surface area contributed by atoms with Crippen LogP contribution in [0.2, 0.25) is 0 Å². The summed E-state index contributed by atoms with van der Waals surface area (Å²) in [5, 5.41) is 0.